The van der Waals surface area contributed by atoms with E-state index in [0.29, 0.717) is 19.7 Å². The smallest absolute Gasteiger partial charge is 0.362 e. The molecule has 7 heteroatoms. The van der Waals surface area contributed by atoms with Gasteiger partial charge in [0.1, 0.15) is 0 Å². The van der Waals surface area contributed by atoms with Gasteiger partial charge in [-0.1, -0.05) is 0 Å². The topological polar surface area (TPSA) is 92.3 Å². The van der Waals surface area contributed by atoms with E-state index < -0.39 is 11.0 Å². The Kier molecular flexibility index (Phi) is 3.16. The third-order valence-corrected chi connectivity index (χ3v) is 2.49. The first-order valence-corrected chi connectivity index (χ1v) is 5.07. The van der Waals surface area contributed by atoms with Gasteiger partial charge in [-0.05, 0) is 16.0 Å². The Labute approximate surface area is 97.4 Å². The van der Waals surface area contributed by atoms with Crippen molar-refractivity contribution in [1.82, 2.24) is 4.98 Å². The molecule has 0 N–H and O–H groups in total. The molecule has 2 heterocycles. The van der Waals surface area contributed by atoms with Crippen LogP contribution in [-0.2, 0) is 4.74 Å². The molecular weight excluding hydrogens is 224 g/mol. The van der Waals surface area contributed by atoms with E-state index in [4.69, 9.17) is 10.00 Å². The number of morpholine rings is 1. The van der Waals surface area contributed by atoms with Gasteiger partial charge < -0.3 is 19.8 Å². The van der Waals surface area contributed by atoms with E-state index >= 15 is 0 Å². The average molecular weight is 234 g/mol. The zero-order valence-corrected chi connectivity index (χ0v) is 8.94. The first kappa shape index (κ1) is 11.3. The minimum absolute atomic E-state index is 0.182. The SMILES string of the molecule is N#CC1CN(c2ccc([N+](=O)[O-])nc2)CCO1. The fourth-order valence-electron chi connectivity index (χ4n) is 1.64. The quantitative estimate of drug-likeness (QED) is 0.553. The molecular formula is C10H10N4O3. The van der Waals surface area contributed by atoms with Crippen molar-refractivity contribution in [3.8, 4) is 6.07 Å². The van der Waals surface area contributed by atoms with E-state index in [9.17, 15) is 10.1 Å². The van der Waals surface area contributed by atoms with Crippen molar-refractivity contribution < 1.29 is 9.66 Å². The summed E-state index contributed by atoms with van der Waals surface area (Å²) in [6, 6.07) is 5.02. The van der Waals surface area contributed by atoms with Gasteiger partial charge in [0, 0.05) is 12.6 Å². The molecule has 0 radical (unpaired) electrons. The Morgan fingerprint density at radius 3 is 3.06 bits per heavy atom. The van der Waals surface area contributed by atoms with Crippen LogP contribution in [0.1, 0.15) is 0 Å². The van der Waals surface area contributed by atoms with Crippen molar-refractivity contribution in [3.05, 3.63) is 28.4 Å². The largest absolute Gasteiger partial charge is 0.363 e. The third kappa shape index (κ3) is 2.49. The van der Waals surface area contributed by atoms with Gasteiger partial charge in [-0.2, -0.15) is 5.26 Å². The number of aromatic nitrogens is 1. The maximum Gasteiger partial charge on any atom is 0.363 e. The third-order valence-electron chi connectivity index (χ3n) is 2.49. The molecule has 17 heavy (non-hydrogen) atoms. The van der Waals surface area contributed by atoms with Gasteiger partial charge in [0.2, 0.25) is 0 Å². The van der Waals surface area contributed by atoms with Crippen LogP contribution in [0.2, 0.25) is 0 Å². The lowest BCUT2D eigenvalue weighted by Crippen LogP contribution is -2.41. The number of nitro groups is 1. The van der Waals surface area contributed by atoms with E-state index in [2.05, 4.69) is 4.98 Å². The summed E-state index contributed by atoms with van der Waals surface area (Å²) in [6.07, 6.45) is 0.983. The number of pyridine rings is 1. The molecule has 0 spiro atoms. The lowest BCUT2D eigenvalue weighted by molar-refractivity contribution is -0.389. The molecule has 1 aliphatic heterocycles. The van der Waals surface area contributed by atoms with Crippen LogP contribution in [0.15, 0.2) is 18.3 Å². The van der Waals surface area contributed by atoms with E-state index in [1.807, 2.05) is 11.0 Å². The number of nitriles is 1. The maximum absolute atomic E-state index is 10.5. The molecule has 0 saturated carbocycles. The van der Waals surface area contributed by atoms with Crippen LogP contribution in [0.4, 0.5) is 11.5 Å². The molecule has 0 aromatic carbocycles. The summed E-state index contributed by atoms with van der Waals surface area (Å²) in [5, 5.41) is 19.2. The highest BCUT2D eigenvalue weighted by molar-refractivity contribution is 5.47. The standard InChI is InChI=1S/C10H10N4O3/c11-5-9-7-13(3-4-17-9)8-1-2-10(12-6-8)14(15)16/h1-2,6,9H,3-4,7H2. The summed E-state index contributed by atoms with van der Waals surface area (Å²) in [7, 11) is 0. The summed E-state index contributed by atoms with van der Waals surface area (Å²) in [5.41, 5.74) is 0.763. The summed E-state index contributed by atoms with van der Waals surface area (Å²) >= 11 is 0. The highest BCUT2D eigenvalue weighted by Crippen LogP contribution is 2.18. The Bertz CT molecular complexity index is 454. The molecule has 0 bridgehead atoms. The summed E-state index contributed by atoms with van der Waals surface area (Å²) in [5.74, 6) is -0.182. The number of rotatable bonds is 2. The number of hydrogen-bond donors (Lipinski definition) is 0. The minimum Gasteiger partial charge on any atom is -0.362 e. The second-order valence-corrected chi connectivity index (χ2v) is 3.57. The van der Waals surface area contributed by atoms with Crippen LogP contribution in [0.25, 0.3) is 0 Å². The molecule has 0 aliphatic carbocycles. The van der Waals surface area contributed by atoms with Crippen LogP contribution in [-0.4, -0.2) is 35.7 Å². The molecule has 1 aliphatic rings. The van der Waals surface area contributed by atoms with Gasteiger partial charge in [0.05, 0.1) is 24.9 Å². The summed E-state index contributed by atoms with van der Waals surface area (Å²) in [6.45, 7) is 1.57. The van der Waals surface area contributed by atoms with E-state index in [1.165, 1.54) is 12.3 Å². The van der Waals surface area contributed by atoms with E-state index in [1.54, 1.807) is 6.07 Å². The average Bonchev–Trinajstić information content (AvgIpc) is 2.39. The van der Waals surface area contributed by atoms with Crippen LogP contribution < -0.4 is 4.90 Å². The van der Waals surface area contributed by atoms with E-state index in [-0.39, 0.29) is 5.82 Å². The zero-order chi connectivity index (χ0) is 12.3. The van der Waals surface area contributed by atoms with Gasteiger partial charge in [-0.15, -0.1) is 0 Å². The van der Waals surface area contributed by atoms with Gasteiger partial charge in [-0.25, -0.2) is 0 Å². The van der Waals surface area contributed by atoms with Gasteiger partial charge >= 0.3 is 5.82 Å². The van der Waals surface area contributed by atoms with Crippen molar-refractivity contribution in [1.29, 1.82) is 5.26 Å². The number of anilines is 1. The highest BCUT2D eigenvalue weighted by atomic mass is 16.6. The lowest BCUT2D eigenvalue weighted by atomic mass is 10.2. The number of ether oxygens (including phenoxy) is 1. The predicted molar refractivity (Wildman–Crippen MR) is 58.5 cm³/mol. The zero-order valence-electron chi connectivity index (χ0n) is 8.94. The molecule has 0 amide bonds. The Balaban J connectivity index is 2.12. The predicted octanol–water partition coefficient (Wildman–Crippen LogP) is 0.719. The van der Waals surface area contributed by atoms with Crippen molar-refractivity contribution in [3.63, 3.8) is 0 Å². The highest BCUT2D eigenvalue weighted by Gasteiger charge is 2.21. The summed E-state index contributed by atoms with van der Waals surface area (Å²) < 4.78 is 5.21. The fourth-order valence-corrected chi connectivity index (χ4v) is 1.64. The van der Waals surface area contributed by atoms with Gasteiger partial charge in [0.15, 0.2) is 12.3 Å². The Morgan fingerprint density at radius 2 is 2.47 bits per heavy atom. The molecule has 7 nitrogen and oxygen atoms in total. The summed E-state index contributed by atoms with van der Waals surface area (Å²) in [4.78, 5) is 15.6. The van der Waals surface area contributed by atoms with Crippen molar-refractivity contribution >= 4 is 11.5 Å². The molecule has 1 fully saturated rings. The number of nitrogens with zero attached hydrogens (tertiary/aromatic N) is 4. The van der Waals surface area contributed by atoms with Crippen LogP contribution >= 0.6 is 0 Å². The second-order valence-electron chi connectivity index (χ2n) is 3.57. The fraction of sp³-hybridized carbons (Fsp3) is 0.400. The molecule has 1 aromatic heterocycles. The molecule has 1 atom stereocenters. The maximum atomic E-state index is 10.5. The lowest BCUT2D eigenvalue weighted by Gasteiger charge is -2.30. The van der Waals surface area contributed by atoms with Crippen LogP contribution in [0.3, 0.4) is 0 Å². The normalized spacial score (nSPS) is 19.7. The van der Waals surface area contributed by atoms with Crippen molar-refractivity contribution in [2.45, 2.75) is 6.10 Å². The van der Waals surface area contributed by atoms with Gasteiger partial charge in [0.25, 0.3) is 0 Å². The van der Waals surface area contributed by atoms with Crippen LogP contribution in [0.5, 0.6) is 0 Å². The van der Waals surface area contributed by atoms with Gasteiger partial charge in [-0.3, -0.25) is 0 Å². The molecule has 1 unspecified atom stereocenters. The Morgan fingerprint density at radius 1 is 1.65 bits per heavy atom. The molecule has 1 saturated heterocycles. The first-order chi connectivity index (χ1) is 8.20. The first-order valence-electron chi connectivity index (χ1n) is 5.07. The molecule has 88 valence electrons. The molecule has 1 aromatic rings. The second kappa shape index (κ2) is 4.76. The van der Waals surface area contributed by atoms with E-state index in [0.717, 1.165) is 5.69 Å². The monoisotopic (exact) mass is 234 g/mol. The van der Waals surface area contributed by atoms with Crippen molar-refractivity contribution in [2.24, 2.45) is 0 Å². The molecule has 2 rings (SSSR count). The van der Waals surface area contributed by atoms with Crippen molar-refractivity contribution in [2.75, 3.05) is 24.6 Å². The number of hydrogen-bond acceptors (Lipinski definition) is 6. The Hall–Kier alpha value is -2.20. The minimum atomic E-state index is -0.540. The van der Waals surface area contributed by atoms with Crippen LogP contribution in [0, 0.1) is 21.4 Å².